The highest BCUT2D eigenvalue weighted by Crippen LogP contribution is 2.35. The lowest BCUT2D eigenvalue weighted by molar-refractivity contribution is -0.156. The Hall–Kier alpha value is -3.03. The summed E-state index contributed by atoms with van der Waals surface area (Å²) in [6.07, 6.45) is 3.13. The van der Waals surface area contributed by atoms with Crippen molar-refractivity contribution in [1.29, 1.82) is 0 Å². The molecule has 158 valence electrons. The maximum atomic E-state index is 12.2. The molecule has 2 heterocycles. The van der Waals surface area contributed by atoms with Crippen molar-refractivity contribution in [1.82, 2.24) is 15.9 Å². The van der Waals surface area contributed by atoms with E-state index in [1.54, 1.807) is 12.2 Å². The molecule has 2 aliphatic heterocycles. The van der Waals surface area contributed by atoms with Crippen LogP contribution >= 0.6 is 0 Å². The number of carbonyl (C=O) groups is 1. The molecule has 1 amide bonds. The number of amides is 1. The molecule has 1 spiro atoms. The molecule has 2 aliphatic rings. The molecular weight excluding hydrogens is 382 g/mol. The van der Waals surface area contributed by atoms with Crippen molar-refractivity contribution in [3.05, 3.63) is 71.3 Å². The highest BCUT2D eigenvalue weighted by Gasteiger charge is 2.39. The lowest BCUT2D eigenvalue weighted by Gasteiger charge is -2.35. The van der Waals surface area contributed by atoms with E-state index in [0.29, 0.717) is 19.6 Å². The van der Waals surface area contributed by atoms with Crippen LogP contribution < -0.4 is 15.5 Å². The van der Waals surface area contributed by atoms with Gasteiger partial charge in [0.2, 0.25) is 0 Å². The van der Waals surface area contributed by atoms with E-state index in [4.69, 9.17) is 14.4 Å². The summed E-state index contributed by atoms with van der Waals surface area (Å²) in [6.45, 7) is 3.67. The summed E-state index contributed by atoms with van der Waals surface area (Å²) in [5.41, 5.74) is 6.82. The number of aryl methyl sites for hydroxylation is 1. The summed E-state index contributed by atoms with van der Waals surface area (Å²) < 4.78 is 5.30. The smallest absolute Gasteiger partial charge is 0.426 e. The zero-order valence-electron chi connectivity index (χ0n) is 17.3. The maximum Gasteiger partial charge on any atom is 0.426 e. The predicted molar refractivity (Wildman–Crippen MR) is 113 cm³/mol. The molecule has 0 aliphatic carbocycles. The van der Waals surface area contributed by atoms with Crippen LogP contribution in [0.5, 0.6) is 5.75 Å². The average molecular weight is 409 g/mol. The van der Waals surface area contributed by atoms with Gasteiger partial charge in [0.1, 0.15) is 11.4 Å². The molecule has 0 saturated carbocycles. The molecule has 4 rings (SSSR count). The average Bonchev–Trinajstić information content (AvgIpc) is 3.19. The van der Waals surface area contributed by atoms with Gasteiger partial charge in [-0.3, -0.25) is 10.3 Å². The van der Waals surface area contributed by atoms with E-state index in [0.717, 1.165) is 41.0 Å². The van der Waals surface area contributed by atoms with Gasteiger partial charge in [-0.05, 0) is 49.1 Å². The highest BCUT2D eigenvalue weighted by molar-refractivity contribution is 5.67. The van der Waals surface area contributed by atoms with Crippen LogP contribution in [0, 0.1) is 6.92 Å². The van der Waals surface area contributed by atoms with E-state index < -0.39 is 11.7 Å². The number of piperidine rings is 1. The van der Waals surface area contributed by atoms with E-state index in [1.807, 2.05) is 55.5 Å². The molecule has 2 aromatic rings. The summed E-state index contributed by atoms with van der Waals surface area (Å²) in [7, 11) is 1.65. The van der Waals surface area contributed by atoms with Crippen molar-refractivity contribution in [2.75, 3.05) is 20.2 Å². The summed E-state index contributed by atoms with van der Waals surface area (Å²) in [4.78, 5) is 23.6. The molecule has 0 radical (unpaired) electrons. The Balaban J connectivity index is 1.29. The Bertz CT molecular complexity index is 936. The van der Waals surface area contributed by atoms with Crippen LogP contribution in [0.2, 0.25) is 0 Å². The number of methoxy groups -OCH3 is 1. The number of nitrogens with zero attached hydrogens (tertiary/aromatic N) is 1. The minimum Gasteiger partial charge on any atom is -0.497 e. The third kappa shape index (κ3) is 4.58. The fourth-order valence-electron chi connectivity index (χ4n) is 3.74. The molecular formula is C23H27N3O4. The van der Waals surface area contributed by atoms with Gasteiger partial charge < -0.3 is 14.9 Å². The van der Waals surface area contributed by atoms with E-state index in [2.05, 4.69) is 16.9 Å². The van der Waals surface area contributed by atoms with E-state index >= 15 is 0 Å². The standard InChI is InChI=1S/C23H27N3O4/c1-17-6-3-4-7-19(17)16-24-22(27)29-26-12-10-23(11-13-26)15-21(25-30-23)18-8-5-9-20(14-18)28-2/h3-9,14-15,25H,10-13,16H2,1-2H3,(H,24,27). The van der Waals surface area contributed by atoms with Gasteiger partial charge in [-0.25, -0.2) is 4.79 Å². The lowest BCUT2D eigenvalue weighted by atomic mass is 9.91. The lowest BCUT2D eigenvalue weighted by Crippen LogP contribution is -2.46. The number of benzene rings is 2. The molecule has 0 unspecified atom stereocenters. The van der Waals surface area contributed by atoms with Crippen LogP contribution in [0.3, 0.4) is 0 Å². The Morgan fingerprint density at radius 3 is 2.77 bits per heavy atom. The van der Waals surface area contributed by atoms with Crippen molar-refractivity contribution in [3.63, 3.8) is 0 Å². The maximum absolute atomic E-state index is 12.2. The molecule has 7 nitrogen and oxygen atoms in total. The predicted octanol–water partition coefficient (Wildman–Crippen LogP) is 3.56. The van der Waals surface area contributed by atoms with Crippen LogP contribution in [0.15, 0.2) is 54.6 Å². The minimum absolute atomic E-state index is 0.393. The molecule has 2 aromatic carbocycles. The Kier molecular flexibility index (Phi) is 5.92. The Morgan fingerprint density at radius 2 is 2.00 bits per heavy atom. The van der Waals surface area contributed by atoms with Crippen molar-refractivity contribution in [2.45, 2.75) is 31.9 Å². The topological polar surface area (TPSA) is 72.1 Å². The van der Waals surface area contributed by atoms with E-state index in [9.17, 15) is 4.79 Å². The van der Waals surface area contributed by atoms with Crippen LogP contribution in [0.1, 0.15) is 29.5 Å². The molecule has 7 heteroatoms. The number of nitrogens with one attached hydrogen (secondary N) is 2. The summed E-state index contributed by atoms with van der Waals surface area (Å²) in [5, 5.41) is 4.51. The fourth-order valence-corrected chi connectivity index (χ4v) is 3.74. The van der Waals surface area contributed by atoms with Crippen LogP contribution in [0.25, 0.3) is 5.70 Å². The van der Waals surface area contributed by atoms with Gasteiger partial charge in [-0.2, -0.15) is 0 Å². The van der Waals surface area contributed by atoms with Gasteiger partial charge in [0.25, 0.3) is 0 Å². The van der Waals surface area contributed by atoms with Crippen molar-refractivity contribution in [2.24, 2.45) is 0 Å². The summed E-state index contributed by atoms with van der Waals surface area (Å²) in [5.74, 6) is 0.802. The van der Waals surface area contributed by atoms with Crippen LogP contribution in [0.4, 0.5) is 4.79 Å². The van der Waals surface area contributed by atoms with E-state index in [1.165, 1.54) is 0 Å². The molecule has 0 atom stereocenters. The number of hydroxylamine groups is 3. The normalized spacial score (nSPS) is 17.9. The van der Waals surface area contributed by atoms with Gasteiger partial charge in [0, 0.05) is 25.2 Å². The molecule has 0 bridgehead atoms. The second-order valence-electron chi connectivity index (χ2n) is 7.65. The van der Waals surface area contributed by atoms with E-state index in [-0.39, 0.29) is 0 Å². The third-order valence-corrected chi connectivity index (χ3v) is 5.62. The summed E-state index contributed by atoms with van der Waals surface area (Å²) in [6, 6.07) is 15.8. The Labute approximate surface area is 176 Å². The molecule has 1 fully saturated rings. The van der Waals surface area contributed by atoms with Gasteiger partial charge in [0.05, 0.1) is 12.8 Å². The van der Waals surface area contributed by atoms with Gasteiger partial charge in [-0.1, -0.05) is 36.4 Å². The monoisotopic (exact) mass is 409 g/mol. The largest absolute Gasteiger partial charge is 0.497 e. The van der Waals surface area contributed by atoms with Crippen LogP contribution in [-0.2, 0) is 16.2 Å². The second-order valence-corrected chi connectivity index (χ2v) is 7.65. The number of ether oxygens (including phenoxy) is 1. The third-order valence-electron chi connectivity index (χ3n) is 5.62. The second kappa shape index (κ2) is 8.77. The quantitative estimate of drug-likeness (QED) is 0.787. The SMILES string of the molecule is COc1cccc(C2=CC3(CCN(OC(=O)NCc4ccccc4C)CC3)ON2)c1. The number of carbonyl (C=O) groups excluding carboxylic acids is 1. The molecule has 0 aromatic heterocycles. The van der Waals surface area contributed by atoms with Crippen molar-refractivity contribution in [3.8, 4) is 5.75 Å². The first-order valence-corrected chi connectivity index (χ1v) is 10.1. The minimum atomic E-state index is -0.438. The highest BCUT2D eigenvalue weighted by atomic mass is 16.7. The first-order valence-electron chi connectivity index (χ1n) is 10.1. The summed E-state index contributed by atoms with van der Waals surface area (Å²) >= 11 is 0. The number of hydrogen-bond acceptors (Lipinski definition) is 6. The number of rotatable bonds is 5. The molecule has 30 heavy (non-hydrogen) atoms. The van der Waals surface area contributed by atoms with Gasteiger partial charge >= 0.3 is 6.09 Å². The van der Waals surface area contributed by atoms with Crippen molar-refractivity contribution >= 4 is 11.8 Å². The Morgan fingerprint density at radius 1 is 1.20 bits per heavy atom. The fraction of sp³-hybridized carbons (Fsp3) is 0.348. The zero-order chi connectivity index (χ0) is 21.0. The first-order chi connectivity index (χ1) is 14.6. The zero-order valence-corrected chi connectivity index (χ0v) is 17.3. The van der Waals surface area contributed by atoms with Crippen LogP contribution in [-0.4, -0.2) is 37.0 Å². The number of hydrogen-bond donors (Lipinski definition) is 2. The van der Waals surface area contributed by atoms with Gasteiger partial charge in [0.15, 0.2) is 0 Å². The first kappa shape index (κ1) is 20.3. The molecule has 1 saturated heterocycles. The van der Waals surface area contributed by atoms with Gasteiger partial charge in [-0.15, -0.1) is 5.06 Å². The molecule has 2 N–H and O–H groups in total. The van der Waals surface area contributed by atoms with Crippen molar-refractivity contribution < 1.29 is 19.2 Å².